The first-order valence-electron chi connectivity index (χ1n) is 11.3. The third-order valence-electron chi connectivity index (χ3n) is 5.84. The third-order valence-corrected chi connectivity index (χ3v) is 5.84. The zero-order chi connectivity index (χ0) is 23.9. The topological polar surface area (TPSA) is 103 Å². The van der Waals surface area contributed by atoms with Crippen molar-refractivity contribution < 1.29 is 24.5 Å². The van der Waals surface area contributed by atoms with Gasteiger partial charge in [-0.15, -0.1) is 0 Å². The molecule has 1 atom stereocenters. The highest BCUT2D eigenvalue weighted by atomic mass is 16.5. The van der Waals surface area contributed by atoms with Crippen molar-refractivity contribution >= 4 is 12.9 Å². The molecule has 1 unspecified atom stereocenters. The zero-order valence-corrected chi connectivity index (χ0v) is 19.3. The molecule has 2 saturated heterocycles. The van der Waals surface area contributed by atoms with E-state index in [4.69, 9.17) is 24.5 Å². The van der Waals surface area contributed by atoms with E-state index in [9.17, 15) is 0 Å². The van der Waals surface area contributed by atoms with E-state index in [-0.39, 0.29) is 12.9 Å². The van der Waals surface area contributed by atoms with Crippen LogP contribution in [0.5, 0.6) is 5.75 Å². The molecular weight excluding hydrogens is 422 g/mol. The second kappa shape index (κ2) is 15.0. The van der Waals surface area contributed by atoms with E-state index in [1.54, 1.807) is 0 Å². The van der Waals surface area contributed by atoms with Crippen LogP contribution in [0.1, 0.15) is 36.9 Å². The number of carboxylic acid groups (broad SMARTS) is 2. The van der Waals surface area contributed by atoms with Crippen LogP contribution in [0, 0.1) is 5.92 Å². The van der Waals surface area contributed by atoms with E-state index in [2.05, 4.69) is 58.1 Å². The van der Waals surface area contributed by atoms with Crippen molar-refractivity contribution in [2.75, 3.05) is 39.3 Å². The normalized spacial score (nSPS) is 18.5. The predicted molar refractivity (Wildman–Crippen MR) is 126 cm³/mol. The fourth-order valence-corrected chi connectivity index (χ4v) is 4.29. The lowest BCUT2D eigenvalue weighted by Crippen LogP contribution is -2.44. The van der Waals surface area contributed by atoms with Crippen LogP contribution in [0.2, 0.25) is 0 Å². The Balaban J connectivity index is 0.000000582. The van der Waals surface area contributed by atoms with Crippen molar-refractivity contribution in [2.24, 2.45) is 5.92 Å². The molecule has 2 fully saturated rings. The minimum atomic E-state index is -0.250. The van der Waals surface area contributed by atoms with E-state index in [1.807, 2.05) is 12.3 Å². The Hall–Kier alpha value is -2.97. The number of carbonyl (C=O) groups is 2. The van der Waals surface area contributed by atoms with Crippen molar-refractivity contribution in [3.63, 3.8) is 0 Å². The number of likely N-dealkylation sites (tertiary alicyclic amines) is 2. The molecule has 2 aliphatic rings. The minimum Gasteiger partial charge on any atom is -0.492 e. The van der Waals surface area contributed by atoms with Crippen LogP contribution in [0.25, 0.3) is 0 Å². The summed E-state index contributed by atoms with van der Waals surface area (Å²) < 4.78 is 6.18. The van der Waals surface area contributed by atoms with Crippen molar-refractivity contribution in [1.82, 2.24) is 14.8 Å². The molecule has 33 heavy (non-hydrogen) atoms. The lowest BCUT2D eigenvalue weighted by Gasteiger charge is -2.39. The first-order chi connectivity index (χ1) is 16.1. The summed E-state index contributed by atoms with van der Waals surface area (Å²) in [6.45, 7) is 9.22. The number of para-hydroxylation sites is 1. The van der Waals surface area contributed by atoms with Crippen LogP contribution < -0.4 is 4.74 Å². The van der Waals surface area contributed by atoms with Gasteiger partial charge in [0, 0.05) is 56.1 Å². The maximum absolute atomic E-state index is 8.36. The Kier molecular flexibility index (Phi) is 11.9. The number of hydrogen-bond acceptors (Lipinski definition) is 6. The second-order valence-corrected chi connectivity index (χ2v) is 8.36. The molecule has 2 N–H and O–H groups in total. The number of aromatic nitrogens is 1. The summed E-state index contributed by atoms with van der Waals surface area (Å²) in [6.07, 6.45) is 4.59. The molecule has 0 amide bonds. The van der Waals surface area contributed by atoms with E-state index in [0.717, 1.165) is 44.5 Å². The van der Waals surface area contributed by atoms with Crippen molar-refractivity contribution in [3.8, 4) is 5.75 Å². The predicted octanol–water partition coefficient (Wildman–Crippen LogP) is 3.19. The van der Waals surface area contributed by atoms with Crippen LogP contribution in [-0.2, 0) is 16.1 Å². The van der Waals surface area contributed by atoms with Gasteiger partial charge in [0.1, 0.15) is 12.4 Å². The standard InChI is InChI=1S/C23H31N3O.2CH2O2/c1-19-7-6-12-25(15-19)13-14-27-23-10-3-2-8-20(23)16-26-17-21(18-26)22-9-4-5-11-24-22;2*2-1-3/h2-5,8-11,19,21H,6-7,12-18H2,1H3;2*1H,(H,2,3). The monoisotopic (exact) mass is 457 g/mol. The van der Waals surface area contributed by atoms with E-state index in [1.165, 1.54) is 37.2 Å². The van der Waals surface area contributed by atoms with Gasteiger partial charge < -0.3 is 14.9 Å². The lowest BCUT2D eigenvalue weighted by atomic mass is 9.95. The molecule has 1 aromatic heterocycles. The minimum absolute atomic E-state index is 0.250. The highest BCUT2D eigenvalue weighted by Gasteiger charge is 2.29. The Morgan fingerprint density at radius 3 is 2.39 bits per heavy atom. The average Bonchev–Trinajstić information content (AvgIpc) is 2.79. The van der Waals surface area contributed by atoms with Gasteiger partial charge in [0.25, 0.3) is 12.9 Å². The smallest absolute Gasteiger partial charge is 0.290 e. The molecule has 0 spiro atoms. The van der Waals surface area contributed by atoms with Gasteiger partial charge in [-0.25, -0.2) is 0 Å². The summed E-state index contributed by atoms with van der Waals surface area (Å²) in [6, 6.07) is 14.7. The Labute approximate surface area is 195 Å². The number of hydrogen-bond donors (Lipinski definition) is 2. The van der Waals surface area contributed by atoms with E-state index < -0.39 is 0 Å². The maximum atomic E-state index is 8.36. The third kappa shape index (κ3) is 9.19. The summed E-state index contributed by atoms with van der Waals surface area (Å²) in [4.78, 5) is 26.2. The van der Waals surface area contributed by atoms with Crippen molar-refractivity contribution in [1.29, 1.82) is 0 Å². The van der Waals surface area contributed by atoms with Crippen LogP contribution in [0.4, 0.5) is 0 Å². The first kappa shape index (κ1) is 26.3. The molecule has 0 saturated carbocycles. The van der Waals surface area contributed by atoms with Crippen molar-refractivity contribution in [2.45, 2.75) is 32.2 Å². The summed E-state index contributed by atoms with van der Waals surface area (Å²) >= 11 is 0. The maximum Gasteiger partial charge on any atom is 0.290 e. The average molecular weight is 458 g/mol. The number of benzene rings is 1. The largest absolute Gasteiger partial charge is 0.492 e. The molecule has 180 valence electrons. The molecular formula is C25H35N3O5. The number of nitrogens with zero attached hydrogens (tertiary/aromatic N) is 3. The van der Waals surface area contributed by atoms with Gasteiger partial charge in [-0.1, -0.05) is 31.2 Å². The van der Waals surface area contributed by atoms with E-state index in [0.29, 0.717) is 5.92 Å². The number of piperidine rings is 1. The Bertz CT molecular complexity index is 809. The highest BCUT2D eigenvalue weighted by Crippen LogP contribution is 2.29. The molecule has 2 aliphatic heterocycles. The summed E-state index contributed by atoms with van der Waals surface area (Å²) in [5.41, 5.74) is 2.51. The Morgan fingerprint density at radius 2 is 1.73 bits per heavy atom. The van der Waals surface area contributed by atoms with Crippen LogP contribution in [0.15, 0.2) is 48.7 Å². The molecule has 8 heteroatoms. The van der Waals surface area contributed by atoms with E-state index >= 15 is 0 Å². The first-order valence-corrected chi connectivity index (χ1v) is 11.3. The van der Waals surface area contributed by atoms with Gasteiger partial charge in [-0.05, 0) is 43.5 Å². The molecule has 4 rings (SSSR count). The summed E-state index contributed by atoms with van der Waals surface area (Å²) in [5, 5.41) is 13.8. The fourth-order valence-electron chi connectivity index (χ4n) is 4.29. The SMILES string of the molecule is CC1CCCN(CCOc2ccccc2CN2CC(c3ccccn3)C2)C1.O=CO.O=CO. The van der Waals surface area contributed by atoms with Gasteiger partial charge in [-0.3, -0.25) is 24.4 Å². The summed E-state index contributed by atoms with van der Waals surface area (Å²) in [7, 11) is 0. The number of rotatable bonds is 7. The van der Waals surface area contributed by atoms with Crippen LogP contribution >= 0.6 is 0 Å². The van der Waals surface area contributed by atoms with Gasteiger partial charge in [0.15, 0.2) is 0 Å². The quantitative estimate of drug-likeness (QED) is 0.611. The molecule has 3 heterocycles. The molecule has 0 bridgehead atoms. The molecule has 1 aromatic carbocycles. The van der Waals surface area contributed by atoms with Crippen LogP contribution in [0.3, 0.4) is 0 Å². The number of ether oxygens (including phenoxy) is 1. The van der Waals surface area contributed by atoms with Gasteiger partial charge in [0.2, 0.25) is 0 Å². The van der Waals surface area contributed by atoms with Gasteiger partial charge in [-0.2, -0.15) is 0 Å². The lowest BCUT2D eigenvalue weighted by molar-refractivity contribution is -0.123. The van der Waals surface area contributed by atoms with Crippen LogP contribution in [-0.4, -0.2) is 77.3 Å². The van der Waals surface area contributed by atoms with Gasteiger partial charge >= 0.3 is 0 Å². The highest BCUT2D eigenvalue weighted by molar-refractivity contribution is 5.34. The Morgan fingerprint density at radius 1 is 1.03 bits per heavy atom. The zero-order valence-electron chi connectivity index (χ0n) is 19.3. The second-order valence-electron chi connectivity index (χ2n) is 8.36. The molecule has 0 radical (unpaired) electrons. The van der Waals surface area contributed by atoms with Crippen molar-refractivity contribution in [3.05, 3.63) is 59.9 Å². The summed E-state index contributed by atoms with van der Waals surface area (Å²) in [5.74, 6) is 2.44. The number of pyridine rings is 1. The fraction of sp³-hybridized carbons (Fsp3) is 0.480. The van der Waals surface area contributed by atoms with Gasteiger partial charge in [0.05, 0.1) is 0 Å². The molecule has 0 aliphatic carbocycles. The molecule has 2 aromatic rings. The molecule has 8 nitrogen and oxygen atoms in total.